The highest BCUT2D eigenvalue weighted by Gasteiger charge is 2.31. The van der Waals surface area contributed by atoms with E-state index in [1.165, 1.54) is 49.7 Å². The molecule has 2 aliphatic rings. The predicted octanol–water partition coefficient (Wildman–Crippen LogP) is 5.96. The van der Waals surface area contributed by atoms with Gasteiger partial charge in [-0.25, -0.2) is 0 Å². The summed E-state index contributed by atoms with van der Waals surface area (Å²) in [4.78, 5) is 0. The zero-order chi connectivity index (χ0) is 15.9. The third-order valence-electron chi connectivity index (χ3n) is 4.99. The number of aliphatic hydroxyl groups excluding tert-OH is 1. The van der Waals surface area contributed by atoms with E-state index in [1.807, 2.05) is 0 Å². The first kappa shape index (κ1) is 18.0. The first-order chi connectivity index (χ1) is 10.6. The van der Waals surface area contributed by atoms with Gasteiger partial charge in [0.1, 0.15) is 0 Å². The quantitative estimate of drug-likeness (QED) is 0.364. The third-order valence-corrected chi connectivity index (χ3v) is 6.82. The molecule has 2 rings (SSSR count). The van der Waals surface area contributed by atoms with Crippen LogP contribution in [0.25, 0.3) is 0 Å². The summed E-state index contributed by atoms with van der Waals surface area (Å²) in [5, 5.41) is 12.0. The predicted molar refractivity (Wildman–Crippen MR) is 99.8 cm³/mol. The monoisotopic (exact) mass is 320 g/mol. The maximum Gasteiger partial charge on any atom is 0.0643 e. The van der Waals surface area contributed by atoms with Gasteiger partial charge in [-0.15, -0.1) is 0 Å². The minimum absolute atomic E-state index is 0.138. The second kappa shape index (κ2) is 9.04. The molecular weight excluding hydrogens is 287 g/mol. The van der Waals surface area contributed by atoms with Crippen molar-refractivity contribution >= 4 is 8.58 Å². The molecule has 1 heterocycles. The summed E-state index contributed by atoms with van der Waals surface area (Å²) in [6, 6.07) is 0. The van der Waals surface area contributed by atoms with Gasteiger partial charge in [0.05, 0.1) is 6.10 Å². The smallest absolute Gasteiger partial charge is 0.0643 e. The van der Waals surface area contributed by atoms with Crippen LogP contribution in [0.2, 0.25) is 0 Å². The summed E-state index contributed by atoms with van der Waals surface area (Å²) in [6.45, 7) is 6.60. The SMILES string of the molecule is CCC1=CCC(O)C2CCC(CCCCC=C(C)C)PC2=C1. The van der Waals surface area contributed by atoms with Crippen molar-refractivity contribution in [1.29, 1.82) is 0 Å². The van der Waals surface area contributed by atoms with Gasteiger partial charge in [0.15, 0.2) is 0 Å². The van der Waals surface area contributed by atoms with Crippen LogP contribution in [0, 0.1) is 5.92 Å². The molecule has 0 aromatic heterocycles. The van der Waals surface area contributed by atoms with Gasteiger partial charge in [-0.1, -0.05) is 51.3 Å². The Morgan fingerprint density at radius 3 is 2.86 bits per heavy atom. The lowest BCUT2D eigenvalue weighted by Crippen LogP contribution is -2.25. The zero-order valence-electron chi connectivity index (χ0n) is 14.6. The molecule has 1 saturated heterocycles. The van der Waals surface area contributed by atoms with Gasteiger partial charge >= 0.3 is 0 Å². The normalized spacial score (nSPS) is 29.4. The minimum atomic E-state index is -0.138. The summed E-state index contributed by atoms with van der Waals surface area (Å²) < 4.78 is 0. The summed E-state index contributed by atoms with van der Waals surface area (Å²) in [6.07, 6.45) is 16.7. The van der Waals surface area contributed by atoms with E-state index in [0.717, 1.165) is 27.1 Å². The van der Waals surface area contributed by atoms with Crippen LogP contribution >= 0.6 is 8.58 Å². The van der Waals surface area contributed by atoms with Gasteiger partial charge in [0.2, 0.25) is 0 Å². The van der Waals surface area contributed by atoms with Crippen LogP contribution in [0.15, 0.2) is 34.7 Å². The topological polar surface area (TPSA) is 20.2 Å². The maximum atomic E-state index is 10.4. The lowest BCUT2D eigenvalue weighted by atomic mass is 9.92. The molecule has 0 amide bonds. The van der Waals surface area contributed by atoms with E-state index in [2.05, 4.69) is 39.0 Å². The molecule has 0 spiro atoms. The van der Waals surface area contributed by atoms with Crippen molar-refractivity contribution in [3.05, 3.63) is 34.7 Å². The van der Waals surface area contributed by atoms with E-state index < -0.39 is 0 Å². The van der Waals surface area contributed by atoms with Gasteiger partial charge in [0.25, 0.3) is 0 Å². The van der Waals surface area contributed by atoms with Crippen molar-refractivity contribution in [1.82, 2.24) is 0 Å². The fourth-order valence-electron chi connectivity index (χ4n) is 3.58. The Morgan fingerprint density at radius 1 is 1.32 bits per heavy atom. The van der Waals surface area contributed by atoms with Crippen molar-refractivity contribution < 1.29 is 5.11 Å². The Labute approximate surface area is 138 Å². The first-order valence-electron chi connectivity index (χ1n) is 9.08. The van der Waals surface area contributed by atoms with Gasteiger partial charge in [0, 0.05) is 5.92 Å². The fourth-order valence-corrected chi connectivity index (χ4v) is 5.53. The number of rotatable bonds is 6. The minimum Gasteiger partial charge on any atom is -0.392 e. The molecule has 4 unspecified atom stereocenters. The van der Waals surface area contributed by atoms with Gasteiger partial charge in [-0.2, -0.15) is 0 Å². The lowest BCUT2D eigenvalue weighted by molar-refractivity contribution is 0.124. The molecule has 4 atom stereocenters. The fraction of sp³-hybridized carbons (Fsp3) is 0.700. The van der Waals surface area contributed by atoms with Crippen LogP contribution < -0.4 is 0 Å². The number of aliphatic hydroxyl groups is 1. The van der Waals surface area contributed by atoms with E-state index in [4.69, 9.17) is 0 Å². The summed E-state index contributed by atoms with van der Waals surface area (Å²) >= 11 is 0. The third kappa shape index (κ3) is 5.36. The number of hydrogen-bond acceptors (Lipinski definition) is 1. The maximum absolute atomic E-state index is 10.4. The molecule has 124 valence electrons. The second-order valence-corrected chi connectivity index (χ2v) is 8.81. The molecule has 1 fully saturated rings. The molecule has 1 nitrogen and oxygen atoms in total. The summed E-state index contributed by atoms with van der Waals surface area (Å²) in [5.74, 6) is 0.445. The molecule has 0 aromatic carbocycles. The highest BCUT2D eigenvalue weighted by atomic mass is 31.1. The summed E-state index contributed by atoms with van der Waals surface area (Å²) in [7, 11) is 0.945. The largest absolute Gasteiger partial charge is 0.392 e. The first-order valence-corrected chi connectivity index (χ1v) is 10.2. The highest BCUT2D eigenvalue weighted by Crippen LogP contribution is 2.49. The Hall–Kier alpha value is -0.390. The Morgan fingerprint density at radius 2 is 2.14 bits per heavy atom. The molecule has 1 aliphatic heterocycles. The van der Waals surface area contributed by atoms with Crippen molar-refractivity contribution in [2.24, 2.45) is 5.92 Å². The van der Waals surface area contributed by atoms with Gasteiger partial charge < -0.3 is 5.11 Å². The molecule has 0 saturated carbocycles. The highest BCUT2D eigenvalue weighted by molar-refractivity contribution is 7.44. The molecule has 0 aromatic rings. The molecule has 1 aliphatic carbocycles. The van der Waals surface area contributed by atoms with Crippen molar-refractivity contribution in [3.8, 4) is 0 Å². The standard InChI is InChI=1S/C20H33OP/c1-4-16-10-13-19(21)18-12-11-17(22-20(18)14-16)9-7-5-6-8-15(2)3/h8,10,14,17-19,21-22H,4-7,9,11-13H2,1-3H3. The Kier molecular flexibility index (Phi) is 7.38. The van der Waals surface area contributed by atoms with Gasteiger partial charge in [-0.3, -0.25) is 0 Å². The molecule has 0 radical (unpaired) electrons. The van der Waals surface area contributed by atoms with E-state index in [0.29, 0.717) is 5.92 Å². The second-order valence-electron chi connectivity index (χ2n) is 7.13. The molecular formula is C20H33OP. The van der Waals surface area contributed by atoms with Crippen LogP contribution in [0.4, 0.5) is 0 Å². The Balaban J connectivity index is 1.84. The number of fused-ring (bicyclic) bond motifs is 1. The lowest BCUT2D eigenvalue weighted by Gasteiger charge is -2.33. The van der Waals surface area contributed by atoms with Crippen LogP contribution in [0.1, 0.15) is 72.1 Å². The Bertz CT molecular complexity index is 443. The van der Waals surface area contributed by atoms with Crippen molar-refractivity contribution in [2.75, 3.05) is 0 Å². The molecule has 22 heavy (non-hydrogen) atoms. The molecule has 2 heteroatoms. The van der Waals surface area contributed by atoms with E-state index >= 15 is 0 Å². The van der Waals surface area contributed by atoms with E-state index in [-0.39, 0.29) is 6.10 Å². The average Bonchev–Trinajstić information content (AvgIpc) is 2.65. The summed E-state index contributed by atoms with van der Waals surface area (Å²) in [5.41, 5.74) is 3.75. The average molecular weight is 320 g/mol. The van der Waals surface area contributed by atoms with Crippen LogP contribution in [0.3, 0.4) is 0 Å². The van der Waals surface area contributed by atoms with Crippen molar-refractivity contribution in [2.45, 2.75) is 83.9 Å². The number of allylic oxidation sites excluding steroid dienone is 4. The van der Waals surface area contributed by atoms with Crippen LogP contribution in [0.5, 0.6) is 0 Å². The molecule has 0 bridgehead atoms. The van der Waals surface area contributed by atoms with Crippen LogP contribution in [-0.2, 0) is 0 Å². The van der Waals surface area contributed by atoms with E-state index in [9.17, 15) is 5.11 Å². The van der Waals surface area contributed by atoms with Gasteiger partial charge in [-0.05, 0) is 69.8 Å². The van der Waals surface area contributed by atoms with Crippen molar-refractivity contribution in [3.63, 3.8) is 0 Å². The number of hydrogen-bond donors (Lipinski definition) is 1. The zero-order valence-corrected chi connectivity index (χ0v) is 15.6. The number of unbranched alkanes of at least 4 members (excludes halogenated alkanes) is 2. The van der Waals surface area contributed by atoms with Crippen LogP contribution in [-0.4, -0.2) is 16.9 Å². The molecule has 1 N–H and O–H groups in total. The van der Waals surface area contributed by atoms with E-state index in [1.54, 1.807) is 5.31 Å².